The molecule has 0 aliphatic carbocycles. The third-order valence-electron chi connectivity index (χ3n) is 5.31. The van der Waals surface area contributed by atoms with Gasteiger partial charge >= 0.3 is 6.03 Å². The van der Waals surface area contributed by atoms with E-state index < -0.39 is 5.91 Å². The summed E-state index contributed by atoms with van der Waals surface area (Å²) in [5, 5.41) is 9.72. The molecule has 8 nitrogen and oxygen atoms in total. The summed E-state index contributed by atoms with van der Waals surface area (Å²) in [6.45, 7) is 5.30. The Morgan fingerprint density at radius 1 is 1.32 bits per heavy atom. The smallest absolute Gasteiger partial charge is 0.329 e. The number of rotatable bonds is 5. The monoisotopic (exact) mass is 385 g/mol. The highest BCUT2D eigenvalue weighted by atomic mass is 16.3. The van der Waals surface area contributed by atoms with Crippen molar-refractivity contribution in [2.75, 3.05) is 26.7 Å². The molecule has 1 aliphatic heterocycles. The fourth-order valence-corrected chi connectivity index (χ4v) is 3.65. The number of aromatic nitrogens is 2. The number of hydrogen-bond acceptors (Lipinski definition) is 5. The minimum Gasteiger partial charge on any atom is -0.507 e. The highest BCUT2D eigenvalue weighted by Gasteiger charge is 2.26. The van der Waals surface area contributed by atoms with Gasteiger partial charge in [0.25, 0.3) is 5.91 Å². The number of carbonyl (C=O) groups excluding carboxylic acids is 2. The van der Waals surface area contributed by atoms with Crippen molar-refractivity contribution in [3.05, 3.63) is 36.3 Å². The number of benzene rings is 1. The minimum absolute atomic E-state index is 0.0225. The zero-order valence-corrected chi connectivity index (χ0v) is 16.3. The second-order valence-electron chi connectivity index (χ2n) is 7.23. The third-order valence-corrected chi connectivity index (χ3v) is 5.31. The maximum Gasteiger partial charge on any atom is 0.329 e. The molecule has 0 atom stereocenters. The minimum atomic E-state index is -0.719. The lowest BCUT2D eigenvalue weighted by molar-refractivity contribution is 0.0997. The van der Waals surface area contributed by atoms with Crippen LogP contribution in [-0.4, -0.2) is 69.1 Å². The maximum atomic E-state index is 12.8. The number of imidazole rings is 1. The molecule has 0 radical (unpaired) electrons. The Hall–Kier alpha value is -2.87. The number of primary amides is 1. The fraction of sp³-hybridized carbons (Fsp3) is 0.450. The third kappa shape index (κ3) is 4.17. The van der Waals surface area contributed by atoms with Crippen LogP contribution < -0.4 is 5.73 Å². The van der Waals surface area contributed by atoms with E-state index >= 15 is 0 Å². The summed E-state index contributed by atoms with van der Waals surface area (Å²) in [7, 11) is 1.83. The Bertz CT molecular complexity index is 855. The standard InChI is InChI=1S/C20H27N5O3/c1-3-8-24-9-6-15(7-10-24)23(2)20(28)25-12-17(22-13-25)14-4-5-18(26)16(11-14)19(21)27/h4-5,11-13,15,26H,3,6-10H2,1-2H3,(H2,21,27). The van der Waals surface area contributed by atoms with E-state index in [0.717, 1.165) is 38.9 Å². The topological polar surface area (TPSA) is 105 Å². The van der Waals surface area contributed by atoms with Crippen molar-refractivity contribution in [1.29, 1.82) is 0 Å². The number of aromatic hydroxyl groups is 1. The van der Waals surface area contributed by atoms with E-state index in [1.807, 2.05) is 7.05 Å². The molecule has 2 amide bonds. The van der Waals surface area contributed by atoms with Crippen molar-refractivity contribution in [3.63, 3.8) is 0 Å². The second kappa shape index (κ2) is 8.43. The largest absolute Gasteiger partial charge is 0.507 e. The van der Waals surface area contributed by atoms with Crippen LogP contribution in [0.1, 0.15) is 36.5 Å². The average Bonchev–Trinajstić information content (AvgIpc) is 3.18. The van der Waals surface area contributed by atoms with Gasteiger partial charge in [-0.1, -0.05) is 6.92 Å². The van der Waals surface area contributed by atoms with Gasteiger partial charge in [0.05, 0.1) is 11.3 Å². The second-order valence-corrected chi connectivity index (χ2v) is 7.23. The van der Waals surface area contributed by atoms with Gasteiger partial charge in [-0.2, -0.15) is 0 Å². The van der Waals surface area contributed by atoms with E-state index in [4.69, 9.17) is 5.73 Å². The highest BCUT2D eigenvalue weighted by molar-refractivity contribution is 5.96. The predicted molar refractivity (Wildman–Crippen MR) is 106 cm³/mol. The number of amides is 2. The SMILES string of the molecule is CCCN1CCC(N(C)C(=O)n2cnc(-c3ccc(O)c(C(N)=O)c3)c2)CC1. The van der Waals surface area contributed by atoms with E-state index in [9.17, 15) is 14.7 Å². The molecule has 1 fully saturated rings. The van der Waals surface area contributed by atoms with Crippen molar-refractivity contribution >= 4 is 11.9 Å². The van der Waals surface area contributed by atoms with Gasteiger partial charge in [-0.05, 0) is 44.0 Å². The molecule has 1 aromatic carbocycles. The summed E-state index contributed by atoms with van der Waals surface area (Å²) in [4.78, 5) is 32.8. The summed E-state index contributed by atoms with van der Waals surface area (Å²) in [6, 6.07) is 4.57. The predicted octanol–water partition coefficient (Wildman–Crippen LogP) is 2.13. The van der Waals surface area contributed by atoms with E-state index in [0.29, 0.717) is 11.3 Å². The van der Waals surface area contributed by atoms with Gasteiger partial charge in [0, 0.05) is 37.9 Å². The molecule has 1 aromatic heterocycles. The molecule has 3 rings (SSSR count). The first-order chi connectivity index (χ1) is 13.4. The van der Waals surface area contributed by atoms with Crippen LogP contribution in [0.15, 0.2) is 30.7 Å². The van der Waals surface area contributed by atoms with E-state index in [1.165, 1.54) is 23.0 Å². The Balaban J connectivity index is 1.71. The maximum absolute atomic E-state index is 12.8. The van der Waals surface area contributed by atoms with Crippen LogP contribution in [-0.2, 0) is 0 Å². The first-order valence-corrected chi connectivity index (χ1v) is 9.57. The van der Waals surface area contributed by atoms with E-state index in [-0.39, 0.29) is 23.4 Å². The highest BCUT2D eigenvalue weighted by Crippen LogP contribution is 2.25. The summed E-state index contributed by atoms with van der Waals surface area (Å²) in [5.41, 5.74) is 6.43. The summed E-state index contributed by atoms with van der Waals surface area (Å²) < 4.78 is 1.45. The molecule has 2 aromatic rings. The molecule has 0 saturated carbocycles. The lowest BCUT2D eigenvalue weighted by atomic mass is 10.0. The Kier molecular flexibility index (Phi) is 5.99. The fourth-order valence-electron chi connectivity index (χ4n) is 3.65. The quantitative estimate of drug-likeness (QED) is 0.820. The number of likely N-dealkylation sites (tertiary alicyclic amines) is 1. The van der Waals surface area contributed by atoms with Crippen molar-refractivity contribution in [1.82, 2.24) is 19.4 Å². The Morgan fingerprint density at radius 3 is 2.68 bits per heavy atom. The van der Waals surface area contributed by atoms with Gasteiger partial charge in [0.15, 0.2) is 0 Å². The number of piperidine rings is 1. The van der Waals surface area contributed by atoms with Crippen molar-refractivity contribution in [2.45, 2.75) is 32.2 Å². The van der Waals surface area contributed by atoms with E-state index in [1.54, 1.807) is 17.2 Å². The normalized spacial score (nSPS) is 15.5. The summed E-state index contributed by atoms with van der Waals surface area (Å²) >= 11 is 0. The molecular formula is C20H27N5O3. The summed E-state index contributed by atoms with van der Waals surface area (Å²) in [5.74, 6) is -0.898. The molecule has 28 heavy (non-hydrogen) atoms. The van der Waals surface area contributed by atoms with Crippen LogP contribution in [0.25, 0.3) is 11.3 Å². The number of nitrogens with two attached hydrogens (primary N) is 1. The molecule has 0 unspecified atom stereocenters. The van der Waals surface area contributed by atoms with Crippen LogP contribution in [0.4, 0.5) is 4.79 Å². The Labute approximate surface area is 164 Å². The number of nitrogens with zero attached hydrogens (tertiary/aromatic N) is 4. The molecule has 2 heterocycles. The number of hydrogen-bond donors (Lipinski definition) is 2. The first-order valence-electron chi connectivity index (χ1n) is 9.57. The molecule has 150 valence electrons. The molecule has 1 aliphatic rings. The van der Waals surface area contributed by atoms with Gasteiger partial charge < -0.3 is 20.6 Å². The number of carbonyl (C=O) groups is 2. The molecule has 3 N–H and O–H groups in total. The van der Waals surface area contributed by atoms with Gasteiger partial charge in [-0.15, -0.1) is 0 Å². The van der Waals surface area contributed by atoms with E-state index in [2.05, 4.69) is 16.8 Å². The molecule has 1 saturated heterocycles. The van der Waals surface area contributed by atoms with Gasteiger partial charge in [0.2, 0.25) is 0 Å². The molecule has 8 heteroatoms. The molecule has 0 bridgehead atoms. The zero-order chi connectivity index (χ0) is 20.3. The van der Waals surface area contributed by atoms with Crippen LogP contribution in [0.5, 0.6) is 5.75 Å². The van der Waals surface area contributed by atoms with Crippen molar-refractivity contribution < 1.29 is 14.7 Å². The Morgan fingerprint density at radius 2 is 2.04 bits per heavy atom. The van der Waals surface area contributed by atoms with Crippen LogP contribution in [0.2, 0.25) is 0 Å². The van der Waals surface area contributed by atoms with Crippen LogP contribution >= 0.6 is 0 Å². The van der Waals surface area contributed by atoms with Gasteiger partial charge in [-0.3, -0.25) is 9.36 Å². The first kappa shape index (κ1) is 19.9. The molecule has 0 spiro atoms. The number of phenols is 1. The van der Waals surface area contributed by atoms with Gasteiger partial charge in [-0.25, -0.2) is 9.78 Å². The van der Waals surface area contributed by atoms with Crippen molar-refractivity contribution in [2.24, 2.45) is 5.73 Å². The molecular weight excluding hydrogens is 358 g/mol. The lowest BCUT2D eigenvalue weighted by Gasteiger charge is -2.36. The van der Waals surface area contributed by atoms with Gasteiger partial charge in [0.1, 0.15) is 12.1 Å². The van der Waals surface area contributed by atoms with Crippen LogP contribution in [0.3, 0.4) is 0 Å². The zero-order valence-electron chi connectivity index (χ0n) is 16.3. The average molecular weight is 385 g/mol. The van der Waals surface area contributed by atoms with Crippen LogP contribution in [0, 0.1) is 0 Å². The lowest BCUT2D eigenvalue weighted by Crippen LogP contribution is -2.46. The summed E-state index contributed by atoms with van der Waals surface area (Å²) in [6.07, 6.45) is 6.17. The van der Waals surface area contributed by atoms with Crippen molar-refractivity contribution in [3.8, 4) is 17.0 Å².